The third-order valence-corrected chi connectivity index (χ3v) is 6.85. The SMILES string of the molecule is COc1cc(-c2cc(-n3ccccc3=O)ccc2-n2cc(CCC(=O)c3ccc(Cl)s3)nn2)ccn1. The van der Waals surface area contributed by atoms with E-state index in [0.29, 0.717) is 39.3 Å². The molecule has 0 amide bonds. The van der Waals surface area contributed by atoms with Crippen LogP contribution < -0.4 is 10.3 Å². The largest absolute Gasteiger partial charge is 0.481 e. The number of hydrogen-bond donors (Lipinski definition) is 0. The molecule has 0 saturated carbocycles. The maximum Gasteiger partial charge on any atom is 0.255 e. The molecule has 8 nitrogen and oxygen atoms in total. The van der Waals surface area contributed by atoms with Crippen molar-refractivity contribution in [3.63, 3.8) is 0 Å². The summed E-state index contributed by atoms with van der Waals surface area (Å²) in [5.74, 6) is 0.482. The predicted molar refractivity (Wildman–Crippen MR) is 139 cm³/mol. The average molecular weight is 518 g/mol. The average Bonchev–Trinajstić information content (AvgIpc) is 3.56. The van der Waals surface area contributed by atoms with Crippen LogP contribution in [-0.4, -0.2) is 37.4 Å². The molecule has 4 heterocycles. The van der Waals surface area contributed by atoms with Crippen LogP contribution in [0.15, 0.2) is 84.0 Å². The zero-order valence-electron chi connectivity index (χ0n) is 19.2. The summed E-state index contributed by atoms with van der Waals surface area (Å²) in [5.41, 5.74) is 3.66. The Balaban J connectivity index is 1.49. The highest BCUT2D eigenvalue weighted by molar-refractivity contribution is 7.18. The van der Waals surface area contributed by atoms with E-state index in [2.05, 4.69) is 15.3 Å². The molecular formula is C26H20ClN5O3S. The molecule has 4 aromatic heterocycles. The van der Waals surface area contributed by atoms with Gasteiger partial charge in [-0.3, -0.25) is 14.2 Å². The van der Waals surface area contributed by atoms with Gasteiger partial charge in [-0.15, -0.1) is 16.4 Å². The van der Waals surface area contributed by atoms with Gasteiger partial charge in [0.2, 0.25) is 5.88 Å². The van der Waals surface area contributed by atoms with Crippen molar-refractivity contribution >= 4 is 28.7 Å². The highest BCUT2D eigenvalue weighted by atomic mass is 35.5. The van der Waals surface area contributed by atoms with Gasteiger partial charge < -0.3 is 4.74 Å². The smallest absolute Gasteiger partial charge is 0.255 e. The lowest BCUT2D eigenvalue weighted by Gasteiger charge is -2.13. The van der Waals surface area contributed by atoms with Crippen LogP contribution in [0.25, 0.3) is 22.5 Å². The first-order valence-electron chi connectivity index (χ1n) is 11.0. The molecule has 0 aliphatic heterocycles. The number of ketones is 1. The van der Waals surface area contributed by atoms with E-state index in [1.807, 2.05) is 30.3 Å². The number of aryl methyl sites for hydroxylation is 1. The molecule has 0 N–H and O–H groups in total. The van der Waals surface area contributed by atoms with Crippen LogP contribution in [-0.2, 0) is 6.42 Å². The Morgan fingerprint density at radius 1 is 1.11 bits per heavy atom. The van der Waals surface area contributed by atoms with E-state index >= 15 is 0 Å². The van der Waals surface area contributed by atoms with Gasteiger partial charge in [0.05, 0.1) is 33.9 Å². The molecule has 0 fully saturated rings. The van der Waals surface area contributed by atoms with E-state index < -0.39 is 0 Å². The van der Waals surface area contributed by atoms with Crippen molar-refractivity contribution in [3.05, 3.63) is 105 Å². The Morgan fingerprint density at radius 3 is 2.78 bits per heavy atom. The number of halogens is 1. The van der Waals surface area contributed by atoms with E-state index in [9.17, 15) is 9.59 Å². The summed E-state index contributed by atoms with van der Waals surface area (Å²) in [5, 5.41) is 8.58. The van der Waals surface area contributed by atoms with Crippen LogP contribution in [0, 0.1) is 0 Å². The summed E-state index contributed by atoms with van der Waals surface area (Å²) < 4.78 is 9.14. The molecule has 0 saturated heterocycles. The number of carbonyl (C=O) groups excluding carboxylic acids is 1. The Bertz CT molecular complexity index is 1610. The van der Waals surface area contributed by atoms with Crippen molar-refractivity contribution in [2.24, 2.45) is 0 Å². The lowest BCUT2D eigenvalue weighted by Crippen LogP contribution is -2.15. The summed E-state index contributed by atoms with van der Waals surface area (Å²) in [7, 11) is 1.56. The molecule has 0 unspecified atom stereocenters. The standard InChI is InChI=1S/C26H20ClN5O3S/c1-35-25-14-17(11-12-28-25)20-15-19(31-13-3-2-4-26(31)34)6-7-21(20)32-16-18(29-30-32)5-8-22(33)23-9-10-24(27)36-23/h2-4,6-7,9-16H,5,8H2,1H3. The number of benzene rings is 1. The lowest BCUT2D eigenvalue weighted by molar-refractivity contribution is 0.0986. The van der Waals surface area contributed by atoms with Crippen molar-refractivity contribution < 1.29 is 9.53 Å². The summed E-state index contributed by atoms with van der Waals surface area (Å²) in [6, 6.07) is 17.8. The van der Waals surface area contributed by atoms with Gasteiger partial charge in [-0.05, 0) is 48.0 Å². The van der Waals surface area contributed by atoms with Gasteiger partial charge in [-0.25, -0.2) is 9.67 Å². The number of rotatable bonds is 8. The summed E-state index contributed by atoms with van der Waals surface area (Å²) >= 11 is 7.22. The molecule has 0 bridgehead atoms. The molecule has 10 heteroatoms. The van der Waals surface area contributed by atoms with Gasteiger partial charge in [0.1, 0.15) is 0 Å². The van der Waals surface area contributed by atoms with Gasteiger partial charge in [-0.1, -0.05) is 22.9 Å². The Labute approximate surface area is 215 Å². The maximum absolute atomic E-state index is 12.5. The fourth-order valence-corrected chi connectivity index (χ4v) is 4.80. The van der Waals surface area contributed by atoms with Crippen LogP contribution in [0.1, 0.15) is 21.8 Å². The van der Waals surface area contributed by atoms with Crippen LogP contribution in [0.5, 0.6) is 5.88 Å². The van der Waals surface area contributed by atoms with Crippen LogP contribution in [0.4, 0.5) is 0 Å². The topological polar surface area (TPSA) is 91.9 Å². The van der Waals surface area contributed by atoms with Gasteiger partial charge in [0.25, 0.3) is 5.56 Å². The molecule has 5 aromatic rings. The van der Waals surface area contributed by atoms with E-state index in [4.69, 9.17) is 16.3 Å². The molecule has 0 radical (unpaired) electrons. The molecule has 0 atom stereocenters. The van der Waals surface area contributed by atoms with E-state index in [0.717, 1.165) is 16.8 Å². The molecule has 0 aliphatic rings. The van der Waals surface area contributed by atoms with Crippen LogP contribution in [0.3, 0.4) is 0 Å². The van der Waals surface area contributed by atoms with Gasteiger partial charge in [0.15, 0.2) is 5.78 Å². The molecule has 180 valence electrons. The normalized spacial score (nSPS) is 10.9. The van der Waals surface area contributed by atoms with Crippen LogP contribution in [0.2, 0.25) is 4.34 Å². The number of ether oxygens (including phenoxy) is 1. The van der Waals surface area contributed by atoms with Crippen molar-refractivity contribution in [2.45, 2.75) is 12.8 Å². The predicted octanol–water partition coefficient (Wildman–Crippen LogP) is 5.02. The van der Waals surface area contributed by atoms with Crippen LogP contribution >= 0.6 is 22.9 Å². The second kappa shape index (κ2) is 10.3. The first kappa shape index (κ1) is 23.7. The van der Waals surface area contributed by atoms with Crippen molar-refractivity contribution in [1.82, 2.24) is 24.5 Å². The van der Waals surface area contributed by atoms with Gasteiger partial charge >= 0.3 is 0 Å². The zero-order valence-corrected chi connectivity index (χ0v) is 20.7. The minimum atomic E-state index is -0.136. The molecule has 5 rings (SSSR count). The molecule has 1 aromatic carbocycles. The molecular weight excluding hydrogens is 498 g/mol. The summed E-state index contributed by atoms with van der Waals surface area (Å²) in [4.78, 5) is 29.7. The number of Topliss-reactive ketones (excluding diaryl/α,β-unsaturated/α-hetero) is 1. The number of thiophene rings is 1. The number of nitrogens with zero attached hydrogens (tertiary/aromatic N) is 5. The number of methoxy groups -OCH3 is 1. The minimum Gasteiger partial charge on any atom is -0.481 e. The number of carbonyl (C=O) groups is 1. The molecule has 0 spiro atoms. The van der Waals surface area contributed by atoms with Crippen molar-refractivity contribution in [3.8, 4) is 28.4 Å². The van der Waals surface area contributed by atoms with Crippen molar-refractivity contribution in [2.75, 3.05) is 7.11 Å². The molecule has 36 heavy (non-hydrogen) atoms. The first-order chi connectivity index (χ1) is 17.5. The summed E-state index contributed by atoms with van der Waals surface area (Å²) in [6.07, 6.45) is 5.94. The third-order valence-electron chi connectivity index (χ3n) is 5.58. The van der Waals surface area contributed by atoms with Gasteiger partial charge in [-0.2, -0.15) is 0 Å². The highest BCUT2D eigenvalue weighted by Gasteiger charge is 2.15. The highest BCUT2D eigenvalue weighted by Crippen LogP contribution is 2.30. The van der Waals surface area contributed by atoms with E-state index in [1.165, 1.54) is 17.4 Å². The monoisotopic (exact) mass is 517 g/mol. The second-order valence-electron chi connectivity index (χ2n) is 7.88. The lowest BCUT2D eigenvalue weighted by atomic mass is 10.0. The Morgan fingerprint density at radius 2 is 2.00 bits per heavy atom. The number of hydrogen-bond acceptors (Lipinski definition) is 7. The van der Waals surface area contributed by atoms with E-state index in [-0.39, 0.29) is 11.3 Å². The fraction of sp³-hybridized carbons (Fsp3) is 0.115. The first-order valence-corrected chi connectivity index (χ1v) is 12.2. The second-order valence-corrected chi connectivity index (χ2v) is 9.59. The zero-order chi connectivity index (χ0) is 25.1. The summed E-state index contributed by atoms with van der Waals surface area (Å²) in [6.45, 7) is 0. The minimum absolute atomic E-state index is 0.0173. The third kappa shape index (κ3) is 4.98. The number of aromatic nitrogens is 5. The Hall–Kier alpha value is -4.08. The maximum atomic E-state index is 12.5. The molecule has 0 aliphatic carbocycles. The van der Waals surface area contributed by atoms with E-state index in [1.54, 1.807) is 59.2 Å². The number of pyridine rings is 2. The Kier molecular flexibility index (Phi) is 6.75. The van der Waals surface area contributed by atoms with Gasteiger partial charge in [0, 0.05) is 48.6 Å². The fourth-order valence-electron chi connectivity index (χ4n) is 3.79. The van der Waals surface area contributed by atoms with Crippen molar-refractivity contribution in [1.29, 1.82) is 0 Å². The quantitative estimate of drug-likeness (QED) is 0.268.